The van der Waals surface area contributed by atoms with Crippen molar-refractivity contribution in [3.63, 3.8) is 0 Å². The van der Waals surface area contributed by atoms with Crippen LogP contribution in [0.4, 0.5) is 9.52 Å². The lowest BCUT2D eigenvalue weighted by Gasteiger charge is -2.01. The molecule has 4 aromatic rings. The average molecular weight is 380 g/mol. The van der Waals surface area contributed by atoms with Gasteiger partial charge in [-0.3, -0.25) is 10.1 Å². The Hall–Kier alpha value is -2.83. The third kappa shape index (κ3) is 3.42. The van der Waals surface area contributed by atoms with Crippen molar-refractivity contribution in [1.29, 1.82) is 0 Å². The van der Waals surface area contributed by atoms with Gasteiger partial charge in [0.15, 0.2) is 5.13 Å². The summed E-state index contributed by atoms with van der Waals surface area (Å²) in [5.74, 6) is -0.682. The van der Waals surface area contributed by atoms with Gasteiger partial charge in [-0.05, 0) is 41.3 Å². The van der Waals surface area contributed by atoms with Crippen LogP contribution in [0.5, 0.6) is 0 Å². The van der Waals surface area contributed by atoms with Crippen LogP contribution in [0.2, 0.25) is 0 Å². The van der Waals surface area contributed by atoms with E-state index in [0.29, 0.717) is 10.7 Å². The van der Waals surface area contributed by atoms with Crippen LogP contribution in [0.1, 0.15) is 10.4 Å². The van der Waals surface area contributed by atoms with Crippen LogP contribution in [0.15, 0.2) is 72.1 Å². The zero-order valence-corrected chi connectivity index (χ0v) is 15.1. The maximum absolute atomic E-state index is 13.0. The fraction of sp³-hybridized carbons (Fsp3) is 0. The molecule has 3 nitrogen and oxygen atoms in total. The largest absolute Gasteiger partial charge is 0.298 e. The molecule has 0 atom stereocenters. The van der Waals surface area contributed by atoms with Crippen molar-refractivity contribution in [3.05, 3.63) is 83.5 Å². The van der Waals surface area contributed by atoms with E-state index in [9.17, 15) is 9.18 Å². The van der Waals surface area contributed by atoms with E-state index in [1.807, 2.05) is 47.8 Å². The molecule has 0 unspecified atom stereocenters. The highest BCUT2D eigenvalue weighted by Gasteiger charge is 2.17. The highest BCUT2D eigenvalue weighted by atomic mass is 32.1. The third-order valence-corrected chi connectivity index (χ3v) is 5.64. The van der Waals surface area contributed by atoms with E-state index in [-0.39, 0.29) is 11.7 Å². The van der Waals surface area contributed by atoms with Gasteiger partial charge in [0, 0.05) is 5.56 Å². The predicted octanol–water partition coefficient (Wildman–Crippen LogP) is 5.93. The van der Waals surface area contributed by atoms with Crippen molar-refractivity contribution in [2.24, 2.45) is 0 Å². The highest BCUT2D eigenvalue weighted by molar-refractivity contribution is 7.20. The summed E-state index contributed by atoms with van der Waals surface area (Å²) in [5, 5.41) is 5.34. The molecule has 128 valence electrons. The van der Waals surface area contributed by atoms with E-state index in [4.69, 9.17) is 0 Å². The van der Waals surface area contributed by atoms with Crippen LogP contribution in [-0.2, 0) is 0 Å². The lowest BCUT2D eigenvalue weighted by molar-refractivity contribution is 0.102. The molecule has 1 N–H and O–H groups in total. The number of benzene rings is 2. The second-order valence-electron chi connectivity index (χ2n) is 5.50. The fourth-order valence-corrected chi connectivity index (χ4v) is 4.27. The Morgan fingerprint density at radius 1 is 0.962 bits per heavy atom. The highest BCUT2D eigenvalue weighted by Crippen LogP contribution is 2.40. The first-order valence-corrected chi connectivity index (χ1v) is 9.57. The SMILES string of the molecule is O=C(Nc1nc(-c2cccs2)c(-c2ccccc2)s1)c1ccc(F)cc1. The summed E-state index contributed by atoms with van der Waals surface area (Å²) in [6.07, 6.45) is 0. The van der Waals surface area contributed by atoms with E-state index in [2.05, 4.69) is 10.3 Å². The quantitative estimate of drug-likeness (QED) is 0.477. The zero-order chi connectivity index (χ0) is 17.9. The van der Waals surface area contributed by atoms with Gasteiger partial charge >= 0.3 is 0 Å². The van der Waals surface area contributed by atoms with Gasteiger partial charge in [0.25, 0.3) is 5.91 Å². The van der Waals surface area contributed by atoms with Crippen molar-refractivity contribution in [1.82, 2.24) is 4.98 Å². The van der Waals surface area contributed by atoms with E-state index in [0.717, 1.165) is 21.0 Å². The Bertz CT molecular complexity index is 1030. The first kappa shape index (κ1) is 16.6. The van der Waals surface area contributed by atoms with Gasteiger partial charge in [0.2, 0.25) is 0 Å². The number of hydrogen-bond donors (Lipinski definition) is 1. The molecule has 0 aliphatic rings. The molecule has 0 radical (unpaired) electrons. The standard InChI is InChI=1S/C20H13FN2OS2/c21-15-10-8-14(9-11-15)19(24)23-20-22-17(16-7-4-12-25-16)18(26-20)13-5-2-1-3-6-13/h1-12H,(H,22,23,24). The van der Waals surface area contributed by atoms with Crippen molar-refractivity contribution < 1.29 is 9.18 Å². The van der Waals surface area contributed by atoms with Gasteiger partial charge in [-0.25, -0.2) is 9.37 Å². The van der Waals surface area contributed by atoms with E-state index >= 15 is 0 Å². The number of nitrogens with one attached hydrogen (secondary N) is 1. The number of hydrogen-bond acceptors (Lipinski definition) is 4. The molecule has 1 amide bonds. The van der Waals surface area contributed by atoms with E-state index < -0.39 is 0 Å². The molecule has 6 heteroatoms. The Kier molecular flexibility index (Phi) is 4.60. The minimum absolute atomic E-state index is 0.309. The number of anilines is 1. The summed E-state index contributed by atoms with van der Waals surface area (Å²) in [6, 6.07) is 19.4. The molecule has 0 aliphatic heterocycles. The minimum Gasteiger partial charge on any atom is -0.298 e. The lowest BCUT2D eigenvalue weighted by atomic mass is 10.1. The normalized spacial score (nSPS) is 10.7. The van der Waals surface area contributed by atoms with Crippen molar-refractivity contribution in [2.45, 2.75) is 0 Å². The summed E-state index contributed by atoms with van der Waals surface area (Å²) < 4.78 is 13.0. The fourth-order valence-electron chi connectivity index (χ4n) is 2.51. The Labute approximate surface area is 157 Å². The van der Waals surface area contributed by atoms with Crippen molar-refractivity contribution in [3.8, 4) is 21.0 Å². The van der Waals surface area contributed by atoms with Gasteiger partial charge < -0.3 is 0 Å². The van der Waals surface area contributed by atoms with Gasteiger partial charge in [-0.2, -0.15) is 0 Å². The monoisotopic (exact) mass is 380 g/mol. The number of nitrogens with zero attached hydrogens (tertiary/aromatic N) is 1. The molecule has 2 aromatic carbocycles. The minimum atomic E-state index is -0.373. The molecule has 26 heavy (non-hydrogen) atoms. The van der Waals surface area contributed by atoms with Crippen LogP contribution in [0.25, 0.3) is 21.0 Å². The molecular formula is C20H13FN2OS2. The number of amides is 1. The Morgan fingerprint density at radius 2 is 1.73 bits per heavy atom. The maximum Gasteiger partial charge on any atom is 0.257 e. The second-order valence-corrected chi connectivity index (χ2v) is 7.45. The molecule has 0 saturated heterocycles. The summed E-state index contributed by atoms with van der Waals surface area (Å²) in [6.45, 7) is 0. The van der Waals surface area contributed by atoms with Crippen molar-refractivity contribution in [2.75, 3.05) is 5.32 Å². The number of carbonyl (C=O) groups excluding carboxylic acids is 1. The molecule has 2 heterocycles. The number of thiophene rings is 1. The van der Waals surface area contributed by atoms with Crippen LogP contribution < -0.4 is 5.32 Å². The molecule has 2 aromatic heterocycles. The molecule has 4 rings (SSSR count). The molecule has 0 fully saturated rings. The third-order valence-electron chi connectivity index (χ3n) is 3.74. The first-order chi connectivity index (χ1) is 12.7. The Balaban J connectivity index is 1.69. The van der Waals surface area contributed by atoms with E-state index in [1.165, 1.54) is 35.6 Å². The topological polar surface area (TPSA) is 42.0 Å². The molecule has 0 spiro atoms. The van der Waals surface area contributed by atoms with Gasteiger partial charge in [0.1, 0.15) is 11.5 Å². The smallest absolute Gasteiger partial charge is 0.257 e. The predicted molar refractivity (Wildman–Crippen MR) is 105 cm³/mol. The summed E-state index contributed by atoms with van der Waals surface area (Å²) >= 11 is 3.03. The summed E-state index contributed by atoms with van der Waals surface area (Å²) in [5.41, 5.74) is 2.29. The zero-order valence-electron chi connectivity index (χ0n) is 13.5. The van der Waals surface area contributed by atoms with Crippen LogP contribution in [-0.4, -0.2) is 10.9 Å². The van der Waals surface area contributed by atoms with Crippen LogP contribution >= 0.6 is 22.7 Å². The Morgan fingerprint density at radius 3 is 2.42 bits per heavy atom. The average Bonchev–Trinajstić information content (AvgIpc) is 3.32. The van der Waals surface area contributed by atoms with Crippen molar-refractivity contribution >= 4 is 33.7 Å². The van der Waals surface area contributed by atoms with Gasteiger partial charge in [0.05, 0.1) is 9.75 Å². The number of halogens is 1. The second kappa shape index (κ2) is 7.19. The summed E-state index contributed by atoms with van der Waals surface area (Å²) in [7, 11) is 0. The number of carbonyl (C=O) groups is 1. The molecule has 0 bridgehead atoms. The van der Waals surface area contributed by atoms with E-state index in [1.54, 1.807) is 11.3 Å². The van der Waals surface area contributed by atoms with Crippen LogP contribution in [0, 0.1) is 5.82 Å². The molecule has 0 saturated carbocycles. The number of rotatable bonds is 4. The van der Waals surface area contributed by atoms with Gasteiger partial charge in [-0.15, -0.1) is 11.3 Å². The van der Waals surface area contributed by atoms with Crippen LogP contribution in [0.3, 0.4) is 0 Å². The summed E-state index contributed by atoms with van der Waals surface area (Å²) in [4.78, 5) is 19.1. The molecule has 0 aliphatic carbocycles. The maximum atomic E-state index is 13.0. The number of thiazole rings is 1. The first-order valence-electron chi connectivity index (χ1n) is 7.88. The van der Waals surface area contributed by atoms with Gasteiger partial charge in [-0.1, -0.05) is 47.7 Å². The lowest BCUT2D eigenvalue weighted by Crippen LogP contribution is -2.11. The number of aromatic nitrogens is 1. The molecular weight excluding hydrogens is 367 g/mol.